The van der Waals surface area contributed by atoms with Crippen molar-refractivity contribution < 1.29 is 14.7 Å². The molecule has 6 heteroatoms. The lowest BCUT2D eigenvalue weighted by Crippen LogP contribution is -2.40. The van der Waals surface area contributed by atoms with Crippen molar-refractivity contribution in [2.45, 2.75) is 20.3 Å². The summed E-state index contributed by atoms with van der Waals surface area (Å²) >= 11 is 1.35. The monoisotopic (exact) mass is 344 g/mol. The zero-order valence-electron chi connectivity index (χ0n) is 13.7. The van der Waals surface area contributed by atoms with Crippen LogP contribution in [0.3, 0.4) is 0 Å². The molecule has 1 fully saturated rings. The Morgan fingerprint density at radius 3 is 2.58 bits per heavy atom. The average Bonchev–Trinajstić information content (AvgIpc) is 3.23. The molecule has 2 heterocycles. The van der Waals surface area contributed by atoms with E-state index in [2.05, 4.69) is 4.98 Å². The summed E-state index contributed by atoms with van der Waals surface area (Å²) in [5, 5.41) is 10.4. The van der Waals surface area contributed by atoms with Gasteiger partial charge >= 0.3 is 5.97 Å². The Labute approximate surface area is 145 Å². The van der Waals surface area contributed by atoms with Crippen LogP contribution in [0.2, 0.25) is 0 Å². The molecule has 3 rings (SSSR count). The van der Waals surface area contributed by atoms with E-state index in [1.54, 1.807) is 11.1 Å². The highest BCUT2D eigenvalue weighted by Gasteiger charge is 2.48. The summed E-state index contributed by atoms with van der Waals surface area (Å²) in [6.45, 7) is 4.55. The molecule has 0 saturated carbocycles. The Kier molecular flexibility index (Phi) is 4.41. The largest absolute Gasteiger partial charge is 0.481 e. The number of carboxylic acid groups (broad SMARTS) is 1. The van der Waals surface area contributed by atoms with Crippen LogP contribution in [0, 0.1) is 11.3 Å². The van der Waals surface area contributed by atoms with Gasteiger partial charge in [0, 0.05) is 18.7 Å². The van der Waals surface area contributed by atoms with Gasteiger partial charge in [0.2, 0.25) is 0 Å². The van der Waals surface area contributed by atoms with Crippen LogP contribution < -0.4 is 0 Å². The zero-order chi connectivity index (χ0) is 17.3. The number of thiazole rings is 1. The first-order chi connectivity index (χ1) is 11.4. The van der Waals surface area contributed by atoms with Gasteiger partial charge in [-0.3, -0.25) is 9.59 Å². The van der Waals surface area contributed by atoms with Crippen molar-refractivity contribution in [1.82, 2.24) is 9.88 Å². The topological polar surface area (TPSA) is 70.5 Å². The lowest BCUT2D eigenvalue weighted by molar-refractivity contribution is -0.150. The molecule has 1 N–H and O–H groups in total. The van der Waals surface area contributed by atoms with Crippen LogP contribution >= 0.6 is 11.3 Å². The fraction of sp³-hybridized carbons (Fsp3) is 0.389. The quantitative estimate of drug-likeness (QED) is 0.923. The minimum Gasteiger partial charge on any atom is -0.481 e. The summed E-state index contributed by atoms with van der Waals surface area (Å²) in [4.78, 5) is 31.0. The van der Waals surface area contributed by atoms with Gasteiger partial charge in [-0.15, -0.1) is 11.3 Å². The molecule has 1 aromatic carbocycles. The predicted molar refractivity (Wildman–Crippen MR) is 93.0 cm³/mol. The number of aliphatic carboxylic acids is 1. The van der Waals surface area contributed by atoms with E-state index in [-0.39, 0.29) is 18.4 Å². The molecular formula is C18H20N2O3S. The van der Waals surface area contributed by atoms with E-state index in [1.165, 1.54) is 11.3 Å². The van der Waals surface area contributed by atoms with E-state index < -0.39 is 11.4 Å². The summed E-state index contributed by atoms with van der Waals surface area (Å²) in [7, 11) is 0. The molecule has 1 aliphatic heterocycles. The van der Waals surface area contributed by atoms with Crippen LogP contribution in [-0.4, -0.2) is 40.0 Å². The highest BCUT2D eigenvalue weighted by Crippen LogP contribution is 2.39. The molecular weight excluding hydrogens is 324 g/mol. The highest BCUT2D eigenvalue weighted by molar-refractivity contribution is 7.16. The third-order valence-electron chi connectivity index (χ3n) is 4.86. The minimum atomic E-state index is -0.845. The van der Waals surface area contributed by atoms with Crippen molar-refractivity contribution in [2.24, 2.45) is 11.3 Å². The van der Waals surface area contributed by atoms with Crippen LogP contribution in [0.4, 0.5) is 0 Å². The van der Waals surface area contributed by atoms with Crippen LogP contribution in [-0.2, 0) is 4.79 Å². The van der Waals surface area contributed by atoms with Crippen LogP contribution in [0.25, 0.3) is 10.6 Å². The van der Waals surface area contributed by atoms with E-state index in [0.717, 1.165) is 10.6 Å². The number of carbonyl (C=O) groups excluding carboxylic acids is 1. The second kappa shape index (κ2) is 6.36. The van der Waals surface area contributed by atoms with Crippen LogP contribution in [0.1, 0.15) is 29.9 Å². The second-order valence-electron chi connectivity index (χ2n) is 6.49. The molecule has 0 bridgehead atoms. The van der Waals surface area contributed by atoms with Crippen molar-refractivity contribution in [3.8, 4) is 10.6 Å². The fourth-order valence-corrected chi connectivity index (χ4v) is 4.03. The number of amides is 1. The number of carbonyl (C=O) groups is 2. The Balaban J connectivity index is 1.79. The summed E-state index contributed by atoms with van der Waals surface area (Å²) < 4.78 is 0. The number of rotatable bonds is 4. The maximum absolute atomic E-state index is 12.7. The molecule has 126 valence electrons. The van der Waals surface area contributed by atoms with Crippen molar-refractivity contribution >= 4 is 23.2 Å². The van der Waals surface area contributed by atoms with Gasteiger partial charge in [-0.25, -0.2) is 4.98 Å². The molecule has 1 saturated heterocycles. The minimum absolute atomic E-state index is 0.0193. The van der Waals surface area contributed by atoms with Crippen molar-refractivity contribution in [3.05, 3.63) is 41.4 Å². The van der Waals surface area contributed by atoms with E-state index in [9.17, 15) is 14.7 Å². The van der Waals surface area contributed by atoms with Gasteiger partial charge in [-0.05, 0) is 12.3 Å². The highest BCUT2D eigenvalue weighted by atomic mass is 32.1. The first-order valence-electron chi connectivity index (χ1n) is 7.98. The van der Waals surface area contributed by atoms with Crippen LogP contribution in [0.15, 0.2) is 36.5 Å². The van der Waals surface area contributed by atoms with Crippen LogP contribution in [0.5, 0.6) is 0 Å². The van der Waals surface area contributed by atoms with Crippen molar-refractivity contribution in [1.29, 1.82) is 0 Å². The third kappa shape index (κ3) is 2.82. The lowest BCUT2D eigenvalue weighted by atomic mass is 9.76. The summed E-state index contributed by atoms with van der Waals surface area (Å²) in [5.74, 6) is -0.963. The lowest BCUT2D eigenvalue weighted by Gasteiger charge is -2.28. The molecule has 1 aliphatic rings. The van der Waals surface area contributed by atoms with Gasteiger partial charge in [-0.1, -0.05) is 44.2 Å². The molecule has 2 aromatic rings. The Morgan fingerprint density at radius 1 is 1.29 bits per heavy atom. The van der Waals surface area contributed by atoms with E-state index >= 15 is 0 Å². The zero-order valence-corrected chi connectivity index (χ0v) is 14.5. The normalized spacial score (nSPS) is 20.5. The SMILES string of the molecule is CC(C)C1(C(=O)O)CCN(C(=O)c2cnc(-c3ccccc3)s2)C1. The standard InChI is InChI=1S/C18H20N2O3S/c1-12(2)18(17(22)23)8-9-20(11-18)16(21)14-10-19-15(24-14)13-6-4-3-5-7-13/h3-7,10,12H,8-9,11H2,1-2H3,(H,22,23). The average molecular weight is 344 g/mol. The summed E-state index contributed by atoms with van der Waals surface area (Å²) in [5.41, 5.74) is 0.132. The number of nitrogens with zero attached hydrogens (tertiary/aromatic N) is 2. The Bertz CT molecular complexity index is 757. The van der Waals surface area contributed by atoms with Gasteiger partial charge in [0.05, 0.1) is 11.6 Å². The Morgan fingerprint density at radius 2 is 2.00 bits per heavy atom. The van der Waals surface area contributed by atoms with Gasteiger partial charge in [0.1, 0.15) is 9.88 Å². The smallest absolute Gasteiger partial charge is 0.311 e. The second-order valence-corrected chi connectivity index (χ2v) is 7.52. The number of benzene rings is 1. The first-order valence-corrected chi connectivity index (χ1v) is 8.79. The predicted octanol–water partition coefficient (Wildman–Crippen LogP) is 3.38. The molecule has 5 nitrogen and oxygen atoms in total. The molecule has 0 spiro atoms. The summed E-state index contributed by atoms with van der Waals surface area (Å²) in [6.07, 6.45) is 2.08. The molecule has 0 radical (unpaired) electrons. The number of carboxylic acids is 1. The molecule has 1 atom stereocenters. The van der Waals surface area contributed by atoms with Gasteiger partial charge < -0.3 is 10.0 Å². The number of hydrogen-bond acceptors (Lipinski definition) is 4. The molecule has 0 aliphatic carbocycles. The maximum atomic E-state index is 12.7. The molecule has 1 amide bonds. The molecule has 1 aromatic heterocycles. The van der Waals surface area contributed by atoms with E-state index in [1.807, 2.05) is 44.2 Å². The molecule has 1 unspecified atom stereocenters. The number of hydrogen-bond donors (Lipinski definition) is 1. The Hall–Kier alpha value is -2.21. The third-order valence-corrected chi connectivity index (χ3v) is 5.89. The summed E-state index contributed by atoms with van der Waals surface area (Å²) in [6, 6.07) is 9.71. The maximum Gasteiger partial charge on any atom is 0.311 e. The number of aromatic nitrogens is 1. The molecule has 24 heavy (non-hydrogen) atoms. The van der Waals surface area contributed by atoms with Crippen molar-refractivity contribution in [3.63, 3.8) is 0 Å². The van der Waals surface area contributed by atoms with Crippen molar-refractivity contribution in [2.75, 3.05) is 13.1 Å². The fourth-order valence-electron chi connectivity index (χ4n) is 3.14. The van der Waals surface area contributed by atoms with Gasteiger partial charge in [0.25, 0.3) is 5.91 Å². The van der Waals surface area contributed by atoms with Gasteiger partial charge in [-0.2, -0.15) is 0 Å². The van der Waals surface area contributed by atoms with E-state index in [4.69, 9.17) is 0 Å². The number of likely N-dealkylation sites (tertiary alicyclic amines) is 1. The van der Waals surface area contributed by atoms with E-state index in [0.29, 0.717) is 17.8 Å². The van der Waals surface area contributed by atoms with Gasteiger partial charge in [0.15, 0.2) is 0 Å². The first kappa shape index (κ1) is 16.6.